The number of aliphatic hydroxyl groups excluding tert-OH is 1. The molecule has 2 aliphatic rings. The van der Waals surface area contributed by atoms with E-state index in [9.17, 15) is 23.5 Å². The summed E-state index contributed by atoms with van der Waals surface area (Å²) in [6, 6.07) is 23.7. The third-order valence-corrected chi connectivity index (χ3v) is 11.9. The molecule has 3 aromatic heterocycles. The van der Waals surface area contributed by atoms with Crippen molar-refractivity contribution in [2.24, 2.45) is 9.98 Å². The van der Waals surface area contributed by atoms with Gasteiger partial charge in [-0.15, -0.1) is 0 Å². The van der Waals surface area contributed by atoms with E-state index in [0.29, 0.717) is 41.2 Å². The predicted molar refractivity (Wildman–Crippen MR) is 259 cm³/mol. The smallest absolute Gasteiger partial charge is 0.279 e. The Morgan fingerprint density at radius 3 is 1.76 bits per heavy atom. The van der Waals surface area contributed by atoms with Crippen molar-refractivity contribution in [2.45, 2.75) is 60.0 Å². The molecule has 0 bridgehead atoms. The van der Waals surface area contributed by atoms with Crippen LogP contribution in [-0.2, 0) is 4.79 Å². The van der Waals surface area contributed by atoms with Crippen molar-refractivity contribution in [3.63, 3.8) is 0 Å². The molecule has 21 heteroatoms. The number of amides is 1. The van der Waals surface area contributed by atoms with E-state index >= 15 is 0 Å². The van der Waals surface area contributed by atoms with E-state index in [1.54, 1.807) is 52.5 Å². The second-order valence-corrected chi connectivity index (χ2v) is 16.5. The molecule has 2 N–H and O–H groups in total. The summed E-state index contributed by atoms with van der Waals surface area (Å²) < 4.78 is 80.4. The molecule has 0 spiro atoms. The summed E-state index contributed by atoms with van der Waals surface area (Å²) in [6.45, 7) is 8.45. The Hall–Kier alpha value is -7.39. The van der Waals surface area contributed by atoms with Crippen LogP contribution in [0.25, 0.3) is 23.5 Å². The van der Waals surface area contributed by atoms with Crippen LogP contribution in [0.5, 0.6) is 0 Å². The van der Waals surface area contributed by atoms with Gasteiger partial charge in [0.25, 0.3) is 11.5 Å². The number of hydrogen-bond donors (Lipinski definition) is 2. The molecular weight excluding hydrogens is 959 g/mol. The van der Waals surface area contributed by atoms with Crippen molar-refractivity contribution >= 4 is 35.0 Å². The number of fused-ring (bicyclic) bond motifs is 1. The molecule has 1 amide bonds. The summed E-state index contributed by atoms with van der Waals surface area (Å²) >= 11 is 1.36. The number of aryl methyl sites for hydroxylation is 4. The van der Waals surface area contributed by atoms with Gasteiger partial charge < -0.3 is 19.2 Å². The molecule has 5 heterocycles. The third-order valence-electron chi connectivity index (χ3n) is 11.2. The van der Waals surface area contributed by atoms with Gasteiger partial charge in [-0.3, -0.25) is 24.0 Å². The lowest BCUT2D eigenvalue weighted by Gasteiger charge is -2.28. The number of imidazole rings is 3. The molecular formula is C50H51F8N9O3S. The van der Waals surface area contributed by atoms with E-state index in [-0.39, 0.29) is 43.2 Å². The van der Waals surface area contributed by atoms with Crippen molar-refractivity contribution in [1.29, 1.82) is 0 Å². The monoisotopic (exact) mass is 1010 g/mol. The molecule has 7 aromatic rings. The van der Waals surface area contributed by atoms with Crippen LogP contribution in [0.15, 0.2) is 130 Å². The van der Waals surface area contributed by atoms with Gasteiger partial charge in [-0.05, 0) is 141 Å². The van der Waals surface area contributed by atoms with Gasteiger partial charge >= 0.3 is 0 Å². The molecule has 12 nitrogen and oxygen atoms in total. The second kappa shape index (κ2) is 26.6. The molecule has 376 valence electrons. The zero-order valence-corrected chi connectivity index (χ0v) is 39.1. The number of nitrogens with zero attached hydrogens (tertiary/aromatic N) is 8. The van der Waals surface area contributed by atoms with Crippen LogP contribution in [0.3, 0.4) is 0 Å². The van der Waals surface area contributed by atoms with Crippen molar-refractivity contribution in [1.82, 2.24) is 33.6 Å². The molecule has 0 aliphatic carbocycles. The number of rotatable bonds is 9. The molecule has 9 rings (SSSR count). The van der Waals surface area contributed by atoms with Gasteiger partial charge in [0.2, 0.25) is 5.62 Å². The first-order valence-corrected chi connectivity index (χ1v) is 22.5. The number of halogens is 8. The lowest BCUT2D eigenvalue weighted by atomic mass is 10.0. The fraction of sp³-hybridized carbons (Fsp3) is 0.240. The van der Waals surface area contributed by atoms with Crippen molar-refractivity contribution in [3.05, 3.63) is 193 Å². The maximum Gasteiger partial charge on any atom is 0.279 e. The Bertz CT molecular complexity index is 3120. The zero-order valence-electron chi connectivity index (χ0n) is 38.3. The fourth-order valence-corrected chi connectivity index (χ4v) is 8.71. The third kappa shape index (κ3) is 13.3. The Morgan fingerprint density at radius 2 is 1.28 bits per heavy atom. The summed E-state index contributed by atoms with van der Waals surface area (Å²) in [5.74, 6) is -0.878. The Labute approximate surface area is 407 Å². The Morgan fingerprint density at radius 1 is 0.761 bits per heavy atom. The van der Waals surface area contributed by atoms with Crippen molar-refractivity contribution in [3.8, 4) is 11.4 Å². The highest BCUT2D eigenvalue weighted by atomic mass is 32.2. The number of carbonyl (C=O) groups excluding carboxylic acids is 1. The molecule has 0 saturated heterocycles. The van der Waals surface area contributed by atoms with E-state index in [1.165, 1.54) is 36.0 Å². The van der Waals surface area contributed by atoms with Crippen LogP contribution in [-0.4, -0.2) is 69.1 Å². The highest BCUT2D eigenvalue weighted by Crippen LogP contribution is 2.34. The number of aromatic amines is 1. The maximum absolute atomic E-state index is 13.4. The first-order valence-electron chi connectivity index (χ1n) is 21.2. The summed E-state index contributed by atoms with van der Waals surface area (Å²) in [6.07, 6.45) is 14.0. The van der Waals surface area contributed by atoms with Gasteiger partial charge in [0.1, 0.15) is 22.7 Å². The van der Waals surface area contributed by atoms with Crippen LogP contribution in [0.2, 0.25) is 0 Å². The van der Waals surface area contributed by atoms with E-state index in [2.05, 4.69) is 24.9 Å². The number of amidine groups is 1. The van der Waals surface area contributed by atoms with Crippen LogP contribution in [0, 0.1) is 39.3 Å². The lowest BCUT2D eigenvalue weighted by molar-refractivity contribution is -0.124. The molecule has 2 aliphatic heterocycles. The van der Waals surface area contributed by atoms with Gasteiger partial charge in [0, 0.05) is 64.4 Å². The first kappa shape index (κ1) is 56.2. The minimum Gasteiger partial charge on any atom is -0.396 e. The zero-order chi connectivity index (χ0) is 51.1. The fourth-order valence-electron chi connectivity index (χ4n) is 8.11. The summed E-state index contributed by atoms with van der Waals surface area (Å²) in [4.78, 5) is 49.0. The number of H-pyrrole nitrogens is 1. The highest BCUT2D eigenvalue weighted by Gasteiger charge is 2.36. The van der Waals surface area contributed by atoms with Crippen LogP contribution >= 0.6 is 11.8 Å². The molecule has 0 saturated carbocycles. The molecule has 0 fully saturated rings. The normalized spacial score (nSPS) is 14.7. The number of benzene rings is 4. The predicted octanol–water partition coefficient (Wildman–Crippen LogP) is 10.4. The summed E-state index contributed by atoms with van der Waals surface area (Å²) in [5, 5.41) is 10.7. The number of carbonyl (C=O) groups is 1. The highest BCUT2D eigenvalue weighted by molar-refractivity contribution is 8.13. The van der Waals surface area contributed by atoms with Crippen LogP contribution in [0.1, 0.15) is 77.1 Å². The van der Waals surface area contributed by atoms with Gasteiger partial charge in [-0.25, -0.2) is 23.7 Å². The van der Waals surface area contributed by atoms with E-state index < -0.39 is 6.04 Å². The minimum absolute atomic E-state index is 0. The average Bonchev–Trinajstić information content (AvgIpc) is 4.16. The van der Waals surface area contributed by atoms with Crippen molar-refractivity contribution in [2.75, 3.05) is 19.4 Å². The average molecular weight is 1010 g/mol. The second-order valence-electron chi connectivity index (χ2n) is 15.7. The van der Waals surface area contributed by atoms with Gasteiger partial charge in [0.05, 0.1) is 36.1 Å². The topological polar surface area (TPSA) is 139 Å². The van der Waals surface area contributed by atoms with Crippen molar-refractivity contribution < 1.29 is 46.1 Å². The number of aliphatic hydroxyl groups is 1. The lowest BCUT2D eigenvalue weighted by Crippen LogP contribution is -2.37. The van der Waals surface area contributed by atoms with E-state index in [4.69, 9.17) is 27.4 Å². The Kier molecular flexibility index (Phi) is 21.0. The minimum atomic E-state index is -0.436. The summed E-state index contributed by atoms with van der Waals surface area (Å²) in [7, 11) is 0. The van der Waals surface area contributed by atoms with Gasteiger partial charge in [0.15, 0.2) is 5.17 Å². The molecule has 2 atom stereocenters. The van der Waals surface area contributed by atoms with E-state index in [0.717, 1.165) is 56.1 Å². The van der Waals surface area contributed by atoms with Crippen LogP contribution in [0.4, 0.5) is 36.2 Å². The number of hydrogen-bond acceptors (Lipinski definition) is 8. The number of aromatic nitrogens is 6. The molecule has 4 aromatic carbocycles. The van der Waals surface area contributed by atoms with E-state index in [1.807, 2.05) is 98.0 Å². The maximum atomic E-state index is 13.4. The SMILES string of the molecule is C.CSC1=N/C(=C\c2ccc(-n3cnc(C)c3)c(C)c2)C(=O)N1[C@H](CCO)c1ccc(F)cc1.Cc1cn(-c2ccc(/C=c3\[nH]c4n(c3=O)[C@@H](c3ccc(F)cc3)CCN=4)cc2C)cn1.FF.FF.FF. The van der Waals surface area contributed by atoms with Crippen LogP contribution < -0.4 is 16.5 Å². The van der Waals surface area contributed by atoms with Gasteiger partial charge in [-0.2, -0.15) is 0 Å². The van der Waals surface area contributed by atoms with Gasteiger partial charge in [-0.1, -0.05) is 55.6 Å². The standard InChI is InChI=1S/C25H25FN4O2S.C24H22FN5O.CH4.3F2/c1-16-12-18(4-9-22(16)29-14-17(2)27-15-29)13-21-24(32)30(25(28-21)33-3)23(10-11-31)19-5-7-20(26)8-6-19;1-15-11-17(3-8-21(15)29-13-16(2)27-14-29)12-20-23(31)30-22(9-10-26-24(30)28-20)18-4-6-19(25)7-5-18;;3*1-2/h4-9,12-15,23,31H,10-11H2,1-3H3;3-8,11-14,22H,9-10H2,1-2H3,(H,26,28);1H4;;;/b21-13-;20-12-;;;;/t23-;22-;;;;/m11..../s1. The number of aliphatic imine (C=N–C) groups is 1. The largest absolute Gasteiger partial charge is 0.396 e. The molecule has 0 unspecified atom stereocenters. The first-order chi connectivity index (χ1) is 33.9. The number of thioether (sulfide) groups is 1. The Balaban J connectivity index is 0.000000276. The number of nitrogens with one attached hydrogen (secondary N) is 1. The molecule has 0 radical (unpaired) electrons. The quantitative estimate of drug-likeness (QED) is 0.109. The molecule has 71 heavy (non-hydrogen) atoms. The summed E-state index contributed by atoms with van der Waals surface area (Å²) in [5.41, 5.74) is 10.3.